The van der Waals surface area contributed by atoms with Gasteiger partial charge in [-0.3, -0.25) is 4.57 Å². The third kappa shape index (κ3) is 4.78. The Morgan fingerprint density at radius 3 is 2.33 bits per heavy atom. The molecule has 9 heteroatoms. The van der Waals surface area contributed by atoms with E-state index in [4.69, 9.17) is 15.0 Å². The van der Waals surface area contributed by atoms with Crippen LogP contribution in [0.2, 0.25) is 0 Å². The van der Waals surface area contributed by atoms with Crippen molar-refractivity contribution in [3.63, 3.8) is 0 Å². The summed E-state index contributed by atoms with van der Waals surface area (Å²) in [6.07, 6.45) is -1.26. The summed E-state index contributed by atoms with van der Waals surface area (Å²) in [5.74, 6) is -0.863. The Hall–Kier alpha value is -0.980. The molecule has 0 fully saturated rings. The van der Waals surface area contributed by atoms with Gasteiger partial charge in [0.25, 0.3) is 0 Å². The zero-order valence-electron chi connectivity index (χ0n) is 5.82. The van der Waals surface area contributed by atoms with Crippen molar-refractivity contribution in [1.82, 2.24) is 0 Å². The Kier molecular flexibility index (Phi) is 3.81. The quantitative estimate of drug-likeness (QED) is 0.141. The molecule has 0 aromatic rings. The molecule has 0 saturated carbocycles. The topological polar surface area (TPSA) is 133 Å². The molecule has 0 unspecified atom stereocenters. The molecule has 0 heterocycles. The molecule has 3 N–H and O–H groups in total. The molecule has 0 spiro atoms. The Balaban J connectivity index is 4.10. The molecular weight excluding hydrogens is 191 g/mol. The van der Waals surface area contributed by atoms with Gasteiger partial charge in [-0.05, 0) is 4.92 Å². The highest BCUT2D eigenvalue weighted by atomic mass is 31.2. The molecular formula is C3H7N2O6P. The summed E-state index contributed by atoms with van der Waals surface area (Å²) in [6.45, 7) is 0. The molecule has 12 heavy (non-hydrogen) atoms. The van der Waals surface area contributed by atoms with Crippen LogP contribution in [0.25, 0.3) is 0 Å². The first-order valence-corrected chi connectivity index (χ1v) is 4.56. The van der Waals surface area contributed by atoms with Gasteiger partial charge >= 0.3 is 13.4 Å². The summed E-state index contributed by atoms with van der Waals surface area (Å²) in [7, 11) is -4.27. The first-order chi connectivity index (χ1) is 5.37. The predicted octanol–water partition coefficient (Wildman–Crippen LogP) is -0.381. The Bertz CT molecular complexity index is 243. The lowest BCUT2D eigenvalue weighted by molar-refractivity contribution is -0.355. The molecule has 0 bridgehead atoms. The average molecular weight is 198 g/mol. The van der Waals surface area contributed by atoms with Crippen molar-refractivity contribution in [2.24, 2.45) is 5.16 Å². The Labute approximate surface area is 66.8 Å². The molecule has 0 amide bonds. The zero-order chi connectivity index (χ0) is 9.78. The highest BCUT2D eigenvalue weighted by Crippen LogP contribution is 2.34. The van der Waals surface area contributed by atoms with E-state index < -0.39 is 30.9 Å². The fourth-order valence-electron chi connectivity index (χ4n) is 0.423. The van der Waals surface area contributed by atoms with Crippen LogP contribution >= 0.6 is 7.60 Å². The molecule has 0 atom stereocenters. The van der Waals surface area contributed by atoms with Crippen LogP contribution < -0.4 is 0 Å². The maximum absolute atomic E-state index is 10.2. The van der Waals surface area contributed by atoms with Crippen molar-refractivity contribution < 1.29 is 24.5 Å². The monoisotopic (exact) mass is 198 g/mol. The predicted molar refractivity (Wildman–Crippen MR) is 37.7 cm³/mol. The minimum absolute atomic E-state index is 0.562. The van der Waals surface area contributed by atoms with Gasteiger partial charge < -0.3 is 25.1 Å². The summed E-state index contributed by atoms with van der Waals surface area (Å²) < 4.78 is 10.2. The van der Waals surface area contributed by atoms with Crippen LogP contribution in [0.4, 0.5) is 0 Å². The van der Waals surface area contributed by atoms with Crippen LogP contribution in [-0.2, 0) is 4.57 Å². The highest BCUT2D eigenvalue weighted by Gasteiger charge is 2.20. The van der Waals surface area contributed by atoms with Crippen LogP contribution in [0.15, 0.2) is 5.16 Å². The Morgan fingerprint density at radius 2 is 2.08 bits per heavy atom. The van der Waals surface area contributed by atoms with Gasteiger partial charge in [0.2, 0.25) is 0 Å². The lowest BCUT2D eigenvalue weighted by Gasteiger charge is -1.99. The minimum Gasteiger partial charge on any atom is -0.358 e. The van der Waals surface area contributed by atoms with Crippen molar-refractivity contribution in [3.8, 4) is 0 Å². The van der Waals surface area contributed by atoms with Crippen molar-refractivity contribution in [2.75, 3.05) is 6.16 Å². The summed E-state index contributed by atoms with van der Waals surface area (Å²) in [5, 5.41) is 20.2. The zero-order valence-corrected chi connectivity index (χ0v) is 6.72. The molecule has 0 radical (unpaired) electrons. The van der Waals surface area contributed by atoms with Crippen LogP contribution in [0.1, 0.15) is 6.42 Å². The molecule has 0 aliphatic heterocycles. The molecule has 0 aromatic heterocycles. The van der Waals surface area contributed by atoms with Gasteiger partial charge in [-0.15, -0.1) is 0 Å². The standard InChI is InChI=1S/C3H7N2O6P/c6-4-3(5(7)8)1-2-12(9,10)11/h6H,1-2H2,(H2,9,10,11)/b4-3+. The average Bonchev–Trinajstić information content (AvgIpc) is 1.85. The molecule has 0 aliphatic rings. The summed E-state index contributed by atoms with van der Waals surface area (Å²) in [4.78, 5) is 25.5. The number of hydrogen-bond acceptors (Lipinski definition) is 5. The van der Waals surface area contributed by atoms with E-state index in [1.807, 2.05) is 0 Å². The van der Waals surface area contributed by atoms with Crippen molar-refractivity contribution >= 4 is 13.4 Å². The first kappa shape index (κ1) is 11.0. The largest absolute Gasteiger partial charge is 0.385 e. The second kappa shape index (κ2) is 4.15. The van der Waals surface area contributed by atoms with Crippen LogP contribution in [0, 0.1) is 10.1 Å². The smallest absolute Gasteiger partial charge is 0.358 e. The summed E-state index contributed by atoms with van der Waals surface area (Å²) >= 11 is 0. The SMILES string of the molecule is O=[N+]([O-])/C(CCP(=O)(O)O)=N/O. The van der Waals surface area contributed by atoms with E-state index >= 15 is 0 Å². The maximum atomic E-state index is 10.2. The molecule has 0 rings (SSSR count). The van der Waals surface area contributed by atoms with Gasteiger partial charge in [0.15, 0.2) is 0 Å². The van der Waals surface area contributed by atoms with Gasteiger partial charge in [0, 0.05) is 0 Å². The first-order valence-electron chi connectivity index (χ1n) is 2.76. The van der Waals surface area contributed by atoms with Gasteiger partial charge in [-0.25, -0.2) is 0 Å². The molecule has 0 saturated heterocycles. The van der Waals surface area contributed by atoms with Gasteiger partial charge in [-0.2, -0.15) is 0 Å². The number of nitro groups is 1. The lowest BCUT2D eigenvalue weighted by Crippen LogP contribution is -2.13. The number of amidine groups is 1. The second-order valence-corrected chi connectivity index (χ2v) is 3.69. The fourth-order valence-corrected chi connectivity index (χ4v) is 0.915. The second-order valence-electron chi connectivity index (χ2n) is 1.91. The Morgan fingerprint density at radius 1 is 1.58 bits per heavy atom. The van der Waals surface area contributed by atoms with Gasteiger partial charge in [0.1, 0.15) is 5.16 Å². The van der Waals surface area contributed by atoms with Gasteiger partial charge in [-0.1, -0.05) is 0 Å². The van der Waals surface area contributed by atoms with E-state index in [-0.39, 0.29) is 0 Å². The van der Waals surface area contributed by atoms with E-state index in [1.165, 1.54) is 0 Å². The third-order valence-corrected chi connectivity index (χ3v) is 1.76. The van der Waals surface area contributed by atoms with Crippen molar-refractivity contribution in [1.29, 1.82) is 0 Å². The van der Waals surface area contributed by atoms with E-state index in [1.54, 1.807) is 0 Å². The van der Waals surface area contributed by atoms with Crippen LogP contribution in [0.5, 0.6) is 0 Å². The molecule has 8 nitrogen and oxygen atoms in total. The molecule has 70 valence electrons. The van der Waals surface area contributed by atoms with Gasteiger partial charge in [0.05, 0.1) is 12.6 Å². The van der Waals surface area contributed by atoms with Crippen LogP contribution in [0.3, 0.4) is 0 Å². The number of oxime groups is 1. The van der Waals surface area contributed by atoms with E-state index in [2.05, 4.69) is 5.16 Å². The van der Waals surface area contributed by atoms with Crippen LogP contribution in [-0.4, -0.2) is 31.9 Å². The van der Waals surface area contributed by atoms with Crippen molar-refractivity contribution in [3.05, 3.63) is 10.1 Å². The number of hydrogen-bond donors (Lipinski definition) is 3. The number of rotatable bonds is 3. The highest BCUT2D eigenvalue weighted by molar-refractivity contribution is 7.51. The minimum atomic E-state index is -4.27. The summed E-state index contributed by atoms with van der Waals surface area (Å²) in [5.41, 5.74) is 0. The molecule has 0 aliphatic carbocycles. The maximum Gasteiger partial charge on any atom is 0.385 e. The molecule has 0 aromatic carbocycles. The fraction of sp³-hybridized carbons (Fsp3) is 0.667. The lowest BCUT2D eigenvalue weighted by atomic mass is 10.4. The normalized spacial score (nSPS) is 13.0. The van der Waals surface area contributed by atoms with Crippen molar-refractivity contribution in [2.45, 2.75) is 6.42 Å². The van der Waals surface area contributed by atoms with E-state index in [9.17, 15) is 14.7 Å². The number of nitrogens with zero attached hydrogens (tertiary/aromatic N) is 2. The summed E-state index contributed by atoms with van der Waals surface area (Å²) in [6, 6.07) is 0. The third-order valence-electron chi connectivity index (χ3n) is 0.953. The van der Waals surface area contributed by atoms with E-state index in [0.717, 1.165) is 0 Å². The van der Waals surface area contributed by atoms with E-state index in [0.29, 0.717) is 0 Å².